The molecule has 0 aliphatic carbocycles. The van der Waals surface area contributed by atoms with Crippen LogP contribution in [0.25, 0.3) is 0 Å². The Morgan fingerprint density at radius 1 is 1.50 bits per heavy atom. The number of hydrogen-bond acceptors (Lipinski definition) is 4. The average molecular weight is 252 g/mol. The van der Waals surface area contributed by atoms with Crippen molar-refractivity contribution in [3.8, 4) is 0 Å². The quantitative estimate of drug-likeness (QED) is 0.840. The molecule has 1 aromatic rings. The molecule has 1 fully saturated rings. The number of nitrogens with zero attached hydrogens (tertiary/aromatic N) is 2. The van der Waals surface area contributed by atoms with Crippen LogP contribution in [-0.4, -0.2) is 40.3 Å². The minimum Gasteiger partial charge on any atom is -0.381 e. The zero-order valence-electron chi connectivity index (χ0n) is 11.1. The summed E-state index contributed by atoms with van der Waals surface area (Å²) in [6.07, 6.45) is 0.993. The van der Waals surface area contributed by atoms with Crippen LogP contribution in [0.4, 0.5) is 0 Å². The Balaban J connectivity index is 1.93. The molecule has 0 bridgehead atoms. The summed E-state index contributed by atoms with van der Waals surface area (Å²) in [6, 6.07) is 0.0843. The number of aromatic nitrogens is 3. The molecule has 1 aromatic heterocycles. The first-order chi connectivity index (χ1) is 8.58. The number of nitrogens with one attached hydrogen (secondary N) is 2. The lowest BCUT2D eigenvalue weighted by molar-refractivity contribution is 0.0912. The summed E-state index contributed by atoms with van der Waals surface area (Å²) in [6.45, 7) is 7.49. The lowest BCUT2D eigenvalue weighted by atomic mass is 10.0. The van der Waals surface area contributed by atoms with E-state index in [1.165, 1.54) is 0 Å². The maximum absolute atomic E-state index is 12.0. The highest BCUT2D eigenvalue weighted by Gasteiger charge is 2.25. The van der Waals surface area contributed by atoms with E-state index in [2.05, 4.69) is 20.5 Å². The molecular formula is C12H20N4O2. The van der Waals surface area contributed by atoms with Gasteiger partial charge in [-0.2, -0.15) is 0 Å². The van der Waals surface area contributed by atoms with Crippen LogP contribution in [0.2, 0.25) is 0 Å². The molecule has 0 radical (unpaired) electrons. The molecule has 1 aliphatic rings. The van der Waals surface area contributed by atoms with E-state index in [1.807, 2.05) is 20.8 Å². The van der Waals surface area contributed by atoms with E-state index in [-0.39, 0.29) is 23.7 Å². The predicted octanol–water partition coefficient (Wildman–Crippen LogP) is 1.08. The lowest BCUT2D eigenvalue weighted by Gasteiger charge is -2.18. The molecule has 0 aromatic carbocycles. The van der Waals surface area contributed by atoms with E-state index >= 15 is 0 Å². The first-order valence-corrected chi connectivity index (χ1v) is 6.39. The van der Waals surface area contributed by atoms with Gasteiger partial charge in [-0.3, -0.25) is 9.89 Å². The topological polar surface area (TPSA) is 79.9 Å². The number of ether oxygens (including phenoxy) is 1. The minimum absolute atomic E-state index is 0.0843. The molecule has 2 rings (SSSR count). The monoisotopic (exact) mass is 252 g/mol. The number of hydrogen-bond donors (Lipinski definition) is 2. The van der Waals surface area contributed by atoms with E-state index in [0.29, 0.717) is 12.5 Å². The van der Waals surface area contributed by atoms with E-state index in [4.69, 9.17) is 4.74 Å². The molecule has 1 aliphatic heterocycles. The van der Waals surface area contributed by atoms with E-state index in [0.717, 1.165) is 18.9 Å². The average Bonchev–Trinajstić information content (AvgIpc) is 3.00. The van der Waals surface area contributed by atoms with Gasteiger partial charge in [0.2, 0.25) is 5.82 Å². The highest BCUT2D eigenvalue weighted by atomic mass is 16.5. The molecule has 1 amide bonds. The fourth-order valence-corrected chi connectivity index (χ4v) is 1.97. The minimum atomic E-state index is -0.224. The van der Waals surface area contributed by atoms with Gasteiger partial charge < -0.3 is 10.1 Å². The molecule has 0 saturated carbocycles. The lowest BCUT2D eigenvalue weighted by Crippen LogP contribution is -2.38. The second kappa shape index (κ2) is 5.48. The van der Waals surface area contributed by atoms with Gasteiger partial charge >= 0.3 is 0 Å². The van der Waals surface area contributed by atoms with Crippen molar-refractivity contribution in [2.75, 3.05) is 13.2 Å². The molecule has 2 N–H and O–H groups in total. The van der Waals surface area contributed by atoms with Crippen molar-refractivity contribution in [1.29, 1.82) is 0 Å². The molecule has 0 spiro atoms. The van der Waals surface area contributed by atoms with E-state index in [9.17, 15) is 4.79 Å². The Hall–Kier alpha value is -1.43. The van der Waals surface area contributed by atoms with E-state index in [1.54, 1.807) is 0 Å². The second-order valence-corrected chi connectivity index (χ2v) is 5.08. The molecule has 18 heavy (non-hydrogen) atoms. The van der Waals surface area contributed by atoms with Crippen LogP contribution in [0, 0.1) is 5.92 Å². The molecular weight excluding hydrogens is 232 g/mol. The van der Waals surface area contributed by atoms with Crippen molar-refractivity contribution in [2.24, 2.45) is 5.92 Å². The van der Waals surface area contributed by atoms with Gasteiger partial charge in [-0.25, -0.2) is 4.98 Å². The fraction of sp³-hybridized carbons (Fsp3) is 0.750. The zero-order valence-corrected chi connectivity index (χ0v) is 11.1. The summed E-state index contributed by atoms with van der Waals surface area (Å²) in [4.78, 5) is 16.1. The van der Waals surface area contributed by atoms with Crippen molar-refractivity contribution in [1.82, 2.24) is 20.5 Å². The van der Waals surface area contributed by atoms with Crippen LogP contribution in [0.3, 0.4) is 0 Å². The summed E-state index contributed by atoms with van der Waals surface area (Å²) in [5.41, 5.74) is 0. The van der Waals surface area contributed by atoms with Crippen LogP contribution in [0.15, 0.2) is 0 Å². The van der Waals surface area contributed by atoms with Gasteiger partial charge in [0.25, 0.3) is 5.91 Å². The number of H-pyrrole nitrogens is 1. The van der Waals surface area contributed by atoms with Crippen LogP contribution >= 0.6 is 0 Å². The van der Waals surface area contributed by atoms with Gasteiger partial charge in [0.15, 0.2) is 0 Å². The second-order valence-electron chi connectivity index (χ2n) is 5.08. The summed E-state index contributed by atoms with van der Waals surface area (Å²) >= 11 is 0. The van der Waals surface area contributed by atoms with Gasteiger partial charge in [-0.05, 0) is 13.3 Å². The maximum atomic E-state index is 12.0. The van der Waals surface area contributed by atoms with Crippen molar-refractivity contribution < 1.29 is 9.53 Å². The van der Waals surface area contributed by atoms with Gasteiger partial charge in [0.1, 0.15) is 5.82 Å². The fourth-order valence-electron chi connectivity index (χ4n) is 1.97. The number of rotatable bonds is 4. The van der Waals surface area contributed by atoms with Crippen molar-refractivity contribution in [3.05, 3.63) is 11.6 Å². The highest BCUT2D eigenvalue weighted by molar-refractivity contribution is 5.90. The van der Waals surface area contributed by atoms with Crippen LogP contribution in [-0.2, 0) is 4.74 Å². The van der Waals surface area contributed by atoms with Crippen molar-refractivity contribution in [3.63, 3.8) is 0 Å². The van der Waals surface area contributed by atoms with Crippen LogP contribution in [0.1, 0.15) is 49.6 Å². The normalized spacial score (nSPS) is 21.2. The zero-order chi connectivity index (χ0) is 13.1. The molecule has 6 heteroatoms. The number of amides is 1. The first-order valence-electron chi connectivity index (χ1n) is 6.39. The highest BCUT2D eigenvalue weighted by Crippen LogP contribution is 2.16. The van der Waals surface area contributed by atoms with Crippen molar-refractivity contribution >= 4 is 5.91 Å². The Morgan fingerprint density at radius 2 is 2.28 bits per heavy atom. The van der Waals surface area contributed by atoms with Gasteiger partial charge in [-0.1, -0.05) is 13.8 Å². The molecule has 2 atom stereocenters. The molecule has 2 unspecified atom stereocenters. The standard InChI is InChI=1S/C12H20N4O2/c1-7(2)10-14-11(16-15-10)12(17)13-8(3)9-4-5-18-6-9/h7-9H,4-6H2,1-3H3,(H,13,17)(H,14,15,16). The van der Waals surface area contributed by atoms with Crippen LogP contribution in [0.5, 0.6) is 0 Å². The Kier molecular flexibility index (Phi) is 3.96. The third-order valence-electron chi connectivity index (χ3n) is 3.28. The number of aromatic amines is 1. The number of carbonyl (C=O) groups is 1. The molecule has 100 valence electrons. The molecule has 1 saturated heterocycles. The van der Waals surface area contributed by atoms with Crippen LogP contribution < -0.4 is 5.32 Å². The van der Waals surface area contributed by atoms with Crippen molar-refractivity contribution in [2.45, 2.75) is 39.2 Å². The van der Waals surface area contributed by atoms with E-state index < -0.39 is 0 Å². The molecule has 2 heterocycles. The van der Waals surface area contributed by atoms with Gasteiger partial charge in [0, 0.05) is 24.5 Å². The first kappa shape index (κ1) is 13.0. The summed E-state index contributed by atoms with van der Waals surface area (Å²) in [7, 11) is 0. The van der Waals surface area contributed by atoms with Gasteiger partial charge in [-0.15, -0.1) is 5.10 Å². The maximum Gasteiger partial charge on any atom is 0.291 e. The summed E-state index contributed by atoms with van der Waals surface area (Å²) in [5.74, 6) is 1.34. The Morgan fingerprint density at radius 3 is 2.83 bits per heavy atom. The predicted molar refractivity (Wildman–Crippen MR) is 66.3 cm³/mol. The third kappa shape index (κ3) is 2.87. The Bertz CT molecular complexity index is 410. The summed E-state index contributed by atoms with van der Waals surface area (Å²) in [5, 5.41) is 9.65. The Labute approximate surface area is 107 Å². The third-order valence-corrected chi connectivity index (χ3v) is 3.28. The largest absolute Gasteiger partial charge is 0.381 e. The summed E-state index contributed by atoms with van der Waals surface area (Å²) < 4.78 is 5.31. The SMILES string of the molecule is CC(C)c1nc(C(=O)NC(C)C2CCOC2)n[nH]1. The number of carbonyl (C=O) groups excluding carboxylic acids is 1. The van der Waals surface area contributed by atoms with Gasteiger partial charge in [0.05, 0.1) is 6.61 Å². The smallest absolute Gasteiger partial charge is 0.291 e. The molecule has 6 nitrogen and oxygen atoms in total.